The van der Waals surface area contributed by atoms with Gasteiger partial charge in [0.25, 0.3) is 0 Å². The molecule has 46 heavy (non-hydrogen) atoms. The van der Waals surface area contributed by atoms with Crippen LogP contribution in [-0.4, -0.2) is 41.8 Å². The van der Waals surface area contributed by atoms with Gasteiger partial charge in [0.2, 0.25) is 17.7 Å². The van der Waals surface area contributed by atoms with Gasteiger partial charge in [-0.3, -0.25) is 23.7 Å². The molecule has 1 fully saturated rings. The average Bonchev–Trinajstić information content (AvgIpc) is 3.46. The Balaban J connectivity index is 1.46. The Morgan fingerprint density at radius 2 is 1.67 bits per heavy atom. The van der Waals surface area contributed by atoms with Crippen LogP contribution in [0.25, 0.3) is 0 Å². The quantitative estimate of drug-likeness (QED) is 0.252. The summed E-state index contributed by atoms with van der Waals surface area (Å²) in [4.78, 5) is 55.1. The molecule has 14 heteroatoms. The van der Waals surface area contributed by atoms with Crippen molar-refractivity contribution in [1.82, 2.24) is 4.57 Å². The Morgan fingerprint density at radius 3 is 2.37 bits per heavy atom. The Kier molecular flexibility index (Phi) is 8.19. The monoisotopic (exact) mass is 669 g/mol. The predicted molar refractivity (Wildman–Crippen MR) is 167 cm³/mol. The number of thiazole rings is 1. The van der Waals surface area contributed by atoms with Gasteiger partial charge in [-0.1, -0.05) is 53.4 Å². The highest BCUT2D eigenvalue weighted by Gasteiger charge is 2.58. The van der Waals surface area contributed by atoms with Crippen LogP contribution in [0, 0.1) is 12.8 Å². The van der Waals surface area contributed by atoms with Crippen molar-refractivity contribution >= 4 is 52.2 Å². The molecule has 0 spiro atoms. The summed E-state index contributed by atoms with van der Waals surface area (Å²) in [6.45, 7) is 1.48. The fourth-order valence-electron chi connectivity index (χ4n) is 5.87. The summed E-state index contributed by atoms with van der Waals surface area (Å²) < 4.78 is 54.2. The van der Waals surface area contributed by atoms with Crippen LogP contribution in [0.2, 0.25) is 0 Å². The number of hydrogen-bond donors (Lipinski definition) is 1. The molecule has 0 bridgehead atoms. The van der Waals surface area contributed by atoms with Crippen LogP contribution in [-0.2, 0) is 27.1 Å². The predicted octanol–water partition coefficient (Wildman–Crippen LogP) is 5.69. The average molecular weight is 670 g/mol. The first kappa shape index (κ1) is 31.4. The summed E-state index contributed by atoms with van der Waals surface area (Å²) in [6.07, 6.45) is -4.83. The van der Waals surface area contributed by atoms with E-state index in [0.29, 0.717) is 37.6 Å². The zero-order valence-electron chi connectivity index (χ0n) is 24.6. The zero-order valence-corrected chi connectivity index (χ0v) is 26.2. The number of halogens is 3. The lowest BCUT2D eigenvalue weighted by Gasteiger charge is -2.31. The molecule has 1 saturated heterocycles. The van der Waals surface area contributed by atoms with Crippen molar-refractivity contribution in [2.24, 2.45) is 5.92 Å². The first-order chi connectivity index (χ1) is 21.9. The fraction of sp³-hybridized carbons (Fsp3) is 0.250. The standard InChI is InChI=1S/C32H26F3N3O6S2/c1-16-7-6-8-18(13-16)36-23(39)15-37-30-27(46-31(37)42)24(17-11-12-21(43-2)22(14-17)44-3)25-26(45-30)29(41)38(28(25)40)20-10-5-4-9-19(20)32(33,34)35/h4-14,24-26H,15H2,1-3H3,(H,36,39)/t24-,25-,26+/m0/s1. The molecule has 1 N–H and O–H groups in total. The first-order valence-electron chi connectivity index (χ1n) is 14.0. The largest absolute Gasteiger partial charge is 0.493 e. The molecule has 3 amide bonds. The molecule has 6 rings (SSSR count). The van der Waals surface area contributed by atoms with Gasteiger partial charge in [0, 0.05) is 16.5 Å². The van der Waals surface area contributed by atoms with E-state index in [1.54, 1.807) is 36.4 Å². The van der Waals surface area contributed by atoms with Gasteiger partial charge < -0.3 is 14.8 Å². The molecular weight excluding hydrogens is 643 g/mol. The number of carbonyl (C=O) groups is 3. The molecule has 2 aliphatic rings. The van der Waals surface area contributed by atoms with Gasteiger partial charge in [-0.2, -0.15) is 13.2 Å². The summed E-state index contributed by atoms with van der Waals surface area (Å²) in [5.74, 6) is -3.53. The Morgan fingerprint density at radius 1 is 0.935 bits per heavy atom. The number of para-hydroxylation sites is 1. The number of imide groups is 1. The van der Waals surface area contributed by atoms with Gasteiger partial charge in [0.05, 0.1) is 36.4 Å². The summed E-state index contributed by atoms with van der Waals surface area (Å²) in [5.41, 5.74) is 0.252. The molecule has 9 nitrogen and oxygen atoms in total. The van der Waals surface area contributed by atoms with Crippen molar-refractivity contribution in [3.63, 3.8) is 0 Å². The molecule has 3 heterocycles. The second-order valence-corrected chi connectivity index (χ2v) is 12.8. The van der Waals surface area contributed by atoms with Crippen LogP contribution < -0.4 is 24.6 Å². The van der Waals surface area contributed by atoms with E-state index in [4.69, 9.17) is 9.47 Å². The molecular formula is C32H26F3N3O6S2. The number of nitrogens with one attached hydrogen (secondary N) is 1. The molecule has 0 saturated carbocycles. The number of alkyl halides is 3. The third kappa shape index (κ3) is 5.45. The van der Waals surface area contributed by atoms with Gasteiger partial charge in [-0.05, 0) is 54.4 Å². The molecule has 2 aliphatic heterocycles. The van der Waals surface area contributed by atoms with Crippen molar-refractivity contribution < 1.29 is 37.0 Å². The summed E-state index contributed by atoms with van der Waals surface area (Å²) in [7, 11) is 2.88. The number of thioether (sulfide) groups is 1. The number of methoxy groups -OCH3 is 2. The number of nitrogens with zero attached hydrogens (tertiary/aromatic N) is 2. The van der Waals surface area contributed by atoms with Crippen LogP contribution in [0.4, 0.5) is 24.5 Å². The number of hydrogen-bond acceptors (Lipinski definition) is 8. The minimum absolute atomic E-state index is 0.294. The number of carbonyl (C=O) groups excluding carboxylic acids is 3. The Bertz CT molecular complexity index is 1940. The number of rotatable bonds is 7. The maximum absolute atomic E-state index is 14.1. The first-order valence-corrected chi connectivity index (χ1v) is 15.6. The van der Waals surface area contributed by atoms with Crippen LogP contribution in [0.15, 0.2) is 76.6 Å². The number of fused-ring (bicyclic) bond motifs is 2. The highest BCUT2D eigenvalue weighted by Crippen LogP contribution is 2.55. The molecule has 0 unspecified atom stereocenters. The highest BCUT2D eigenvalue weighted by molar-refractivity contribution is 8.00. The molecule has 0 aliphatic carbocycles. The third-order valence-electron chi connectivity index (χ3n) is 7.87. The lowest BCUT2D eigenvalue weighted by atomic mass is 9.83. The van der Waals surface area contributed by atoms with E-state index < -0.39 is 57.1 Å². The van der Waals surface area contributed by atoms with E-state index in [2.05, 4.69) is 5.32 Å². The zero-order chi connectivity index (χ0) is 32.9. The Hall–Kier alpha value is -4.56. The number of amides is 3. The number of aryl methyl sites for hydroxylation is 1. The smallest absolute Gasteiger partial charge is 0.418 e. The maximum atomic E-state index is 14.1. The summed E-state index contributed by atoms with van der Waals surface area (Å²) in [6, 6.07) is 16.4. The van der Waals surface area contributed by atoms with E-state index in [1.807, 2.05) is 13.0 Å². The molecule has 4 aromatic rings. The molecule has 3 atom stereocenters. The van der Waals surface area contributed by atoms with Crippen LogP contribution in [0.3, 0.4) is 0 Å². The number of anilines is 2. The SMILES string of the molecule is COc1ccc([C@@H]2c3sc(=O)n(CC(=O)Nc4cccc(C)c4)c3S[C@H]3C(=O)N(c4ccccc4C(F)(F)F)C(=O)[C@@H]23)cc1OC. The van der Waals surface area contributed by atoms with Gasteiger partial charge >= 0.3 is 11.0 Å². The summed E-state index contributed by atoms with van der Waals surface area (Å²) in [5, 5.41) is 1.88. The van der Waals surface area contributed by atoms with Gasteiger partial charge in [-0.15, -0.1) is 0 Å². The van der Waals surface area contributed by atoms with E-state index in [1.165, 1.54) is 30.9 Å². The van der Waals surface area contributed by atoms with Crippen molar-refractivity contribution in [2.75, 3.05) is 24.4 Å². The normalized spacial score (nSPS) is 19.1. The van der Waals surface area contributed by atoms with Crippen LogP contribution in [0.1, 0.15) is 27.5 Å². The van der Waals surface area contributed by atoms with Crippen LogP contribution in [0.5, 0.6) is 11.5 Å². The number of ether oxygens (including phenoxy) is 2. The van der Waals surface area contributed by atoms with Crippen molar-refractivity contribution in [3.8, 4) is 11.5 Å². The van der Waals surface area contributed by atoms with Crippen LogP contribution >= 0.6 is 23.1 Å². The second kappa shape index (κ2) is 12.0. The highest BCUT2D eigenvalue weighted by atomic mass is 32.2. The van der Waals surface area contributed by atoms with Gasteiger partial charge in [-0.25, -0.2) is 4.90 Å². The van der Waals surface area contributed by atoms with Gasteiger partial charge in [0.15, 0.2) is 11.5 Å². The molecule has 238 valence electrons. The molecule has 0 radical (unpaired) electrons. The van der Waals surface area contributed by atoms with Gasteiger partial charge in [0.1, 0.15) is 11.8 Å². The van der Waals surface area contributed by atoms with E-state index in [-0.39, 0.29) is 6.54 Å². The maximum Gasteiger partial charge on any atom is 0.418 e. The topological polar surface area (TPSA) is 107 Å². The number of aromatic nitrogens is 1. The lowest BCUT2D eigenvalue weighted by Crippen LogP contribution is -2.33. The lowest BCUT2D eigenvalue weighted by molar-refractivity contribution is -0.137. The summed E-state index contributed by atoms with van der Waals surface area (Å²) >= 11 is 1.73. The van der Waals surface area contributed by atoms with E-state index in [9.17, 15) is 32.3 Å². The van der Waals surface area contributed by atoms with E-state index >= 15 is 0 Å². The van der Waals surface area contributed by atoms with Crippen molar-refractivity contribution in [2.45, 2.75) is 35.8 Å². The number of benzene rings is 3. The van der Waals surface area contributed by atoms with Crippen molar-refractivity contribution in [3.05, 3.63) is 98.0 Å². The van der Waals surface area contributed by atoms with Crippen molar-refractivity contribution in [1.29, 1.82) is 0 Å². The Labute approximate surface area is 268 Å². The minimum Gasteiger partial charge on any atom is -0.493 e. The molecule has 1 aromatic heterocycles. The van der Waals surface area contributed by atoms with E-state index in [0.717, 1.165) is 40.8 Å². The second-order valence-electron chi connectivity index (χ2n) is 10.7. The minimum atomic E-state index is -4.83. The molecule has 3 aromatic carbocycles. The third-order valence-corrected chi connectivity index (χ3v) is 10.5. The fourth-order valence-corrected chi connectivity index (χ4v) is 8.65.